The van der Waals surface area contributed by atoms with Gasteiger partial charge < -0.3 is 10.4 Å². The van der Waals surface area contributed by atoms with Crippen molar-refractivity contribution >= 4 is 41.2 Å². The Morgan fingerprint density at radius 2 is 2.05 bits per heavy atom. The molecule has 0 spiro atoms. The molecule has 1 unspecified atom stereocenters. The molecular weight excluding hydrogens is 313 g/mol. The molecule has 6 heteroatoms. The van der Waals surface area contributed by atoms with E-state index in [2.05, 4.69) is 5.32 Å². The number of carbonyl (C=O) groups is 2. The van der Waals surface area contributed by atoms with Crippen molar-refractivity contribution < 1.29 is 14.7 Å². The second-order valence-corrected chi connectivity index (χ2v) is 5.70. The lowest BCUT2D eigenvalue weighted by molar-refractivity contribution is -0.148. The van der Waals surface area contributed by atoms with Crippen LogP contribution < -0.4 is 5.32 Å². The molecule has 0 aliphatic heterocycles. The van der Waals surface area contributed by atoms with Gasteiger partial charge in [-0.05, 0) is 31.1 Å². The summed E-state index contributed by atoms with van der Waals surface area (Å²) in [5.74, 6) is -1.32. The van der Waals surface area contributed by atoms with Crippen LogP contribution in [0, 0.1) is 5.41 Å². The van der Waals surface area contributed by atoms with Gasteiger partial charge in [0.25, 0.3) is 0 Å². The highest BCUT2D eigenvalue weighted by Gasteiger charge is 2.31. The third kappa shape index (κ3) is 4.76. The normalized spacial score (nSPS) is 13.9. The molecule has 114 valence electrons. The van der Waals surface area contributed by atoms with E-state index in [0.29, 0.717) is 22.0 Å². The van der Waals surface area contributed by atoms with Gasteiger partial charge in [0.1, 0.15) is 0 Å². The Balaban J connectivity index is 2.68. The van der Waals surface area contributed by atoms with Crippen LogP contribution in [0.4, 0.5) is 0 Å². The van der Waals surface area contributed by atoms with Crippen LogP contribution in [0.1, 0.15) is 25.8 Å². The maximum absolute atomic E-state index is 11.7. The van der Waals surface area contributed by atoms with Crippen LogP contribution in [0.2, 0.25) is 10.0 Å². The van der Waals surface area contributed by atoms with E-state index in [1.54, 1.807) is 32.0 Å². The first kappa shape index (κ1) is 17.5. The van der Waals surface area contributed by atoms with Crippen molar-refractivity contribution in [3.05, 3.63) is 39.9 Å². The predicted molar refractivity (Wildman–Crippen MR) is 84.5 cm³/mol. The zero-order chi connectivity index (χ0) is 16.0. The van der Waals surface area contributed by atoms with Gasteiger partial charge in [0, 0.05) is 12.6 Å². The standard InChI is InChI=1S/C15H17Cl2NO3/c1-3-15(2,14(20)21)9-18-12(19)8-7-10-5-4-6-11(16)13(10)17/h4-8H,3,9H2,1-2H3,(H,18,19)(H,20,21)/b8-7+. The van der Waals surface area contributed by atoms with Crippen molar-refractivity contribution in [3.63, 3.8) is 0 Å². The molecule has 0 aromatic heterocycles. The Morgan fingerprint density at radius 1 is 1.38 bits per heavy atom. The van der Waals surface area contributed by atoms with Gasteiger partial charge in [-0.2, -0.15) is 0 Å². The van der Waals surface area contributed by atoms with Crippen LogP contribution in [0.3, 0.4) is 0 Å². The fraction of sp³-hybridized carbons (Fsp3) is 0.333. The maximum atomic E-state index is 11.7. The average Bonchev–Trinajstić information content (AvgIpc) is 2.46. The first-order valence-electron chi connectivity index (χ1n) is 6.43. The van der Waals surface area contributed by atoms with Gasteiger partial charge in [0.05, 0.1) is 15.5 Å². The van der Waals surface area contributed by atoms with E-state index in [9.17, 15) is 9.59 Å². The minimum Gasteiger partial charge on any atom is -0.481 e. The van der Waals surface area contributed by atoms with Gasteiger partial charge >= 0.3 is 5.97 Å². The maximum Gasteiger partial charge on any atom is 0.311 e. The largest absolute Gasteiger partial charge is 0.481 e. The zero-order valence-electron chi connectivity index (χ0n) is 11.8. The molecule has 1 amide bonds. The Kier molecular flexibility index (Phi) is 6.24. The molecule has 1 rings (SSSR count). The topological polar surface area (TPSA) is 66.4 Å². The van der Waals surface area contributed by atoms with Crippen molar-refractivity contribution in [2.24, 2.45) is 5.41 Å². The summed E-state index contributed by atoms with van der Waals surface area (Å²) in [6.07, 6.45) is 3.26. The molecule has 2 N–H and O–H groups in total. The first-order chi connectivity index (χ1) is 9.80. The number of rotatable bonds is 6. The Hall–Kier alpha value is -1.52. The molecule has 0 aliphatic carbocycles. The second-order valence-electron chi connectivity index (χ2n) is 4.91. The number of carboxylic acid groups (broad SMARTS) is 1. The number of carboxylic acids is 1. The lowest BCUT2D eigenvalue weighted by atomic mass is 9.88. The number of aliphatic carboxylic acids is 1. The number of halogens is 2. The Labute approximate surface area is 133 Å². The van der Waals surface area contributed by atoms with Gasteiger partial charge in [0.15, 0.2) is 0 Å². The van der Waals surface area contributed by atoms with E-state index in [1.807, 2.05) is 0 Å². The van der Waals surface area contributed by atoms with Gasteiger partial charge in [-0.3, -0.25) is 9.59 Å². The van der Waals surface area contributed by atoms with E-state index < -0.39 is 11.4 Å². The second kappa shape index (κ2) is 7.48. The van der Waals surface area contributed by atoms with Crippen LogP contribution in [0.15, 0.2) is 24.3 Å². The quantitative estimate of drug-likeness (QED) is 0.783. The third-order valence-electron chi connectivity index (χ3n) is 3.35. The lowest BCUT2D eigenvalue weighted by Gasteiger charge is -2.22. The van der Waals surface area contributed by atoms with E-state index in [-0.39, 0.29) is 12.5 Å². The molecule has 1 aromatic carbocycles. The Bertz CT molecular complexity index is 572. The predicted octanol–water partition coefficient (Wildman–Crippen LogP) is 3.62. The number of amides is 1. The molecule has 0 fully saturated rings. The summed E-state index contributed by atoms with van der Waals surface area (Å²) in [4.78, 5) is 22.9. The van der Waals surface area contributed by atoms with Crippen LogP contribution in [0.5, 0.6) is 0 Å². The fourth-order valence-corrected chi connectivity index (χ4v) is 1.88. The molecule has 0 saturated carbocycles. The number of nitrogens with one attached hydrogen (secondary N) is 1. The van der Waals surface area contributed by atoms with E-state index in [0.717, 1.165) is 0 Å². The van der Waals surface area contributed by atoms with Crippen molar-refractivity contribution in [3.8, 4) is 0 Å². The zero-order valence-corrected chi connectivity index (χ0v) is 13.3. The highest BCUT2D eigenvalue weighted by molar-refractivity contribution is 6.42. The van der Waals surface area contributed by atoms with Crippen molar-refractivity contribution in [2.45, 2.75) is 20.3 Å². The summed E-state index contributed by atoms with van der Waals surface area (Å²) < 4.78 is 0. The Morgan fingerprint density at radius 3 is 2.62 bits per heavy atom. The molecule has 0 heterocycles. The summed E-state index contributed by atoms with van der Waals surface area (Å²) in [7, 11) is 0. The number of hydrogen-bond acceptors (Lipinski definition) is 2. The average molecular weight is 330 g/mol. The first-order valence-corrected chi connectivity index (χ1v) is 7.19. The molecule has 4 nitrogen and oxygen atoms in total. The molecule has 1 aromatic rings. The molecule has 21 heavy (non-hydrogen) atoms. The van der Waals surface area contributed by atoms with Gasteiger partial charge in [-0.25, -0.2) is 0 Å². The highest BCUT2D eigenvalue weighted by Crippen LogP contribution is 2.26. The van der Waals surface area contributed by atoms with Crippen molar-refractivity contribution in [1.82, 2.24) is 5.32 Å². The number of carbonyl (C=O) groups excluding carboxylic acids is 1. The van der Waals surface area contributed by atoms with Gasteiger partial charge in [0.2, 0.25) is 5.91 Å². The van der Waals surface area contributed by atoms with Crippen LogP contribution in [-0.4, -0.2) is 23.5 Å². The fourth-order valence-electron chi connectivity index (χ4n) is 1.51. The minimum absolute atomic E-state index is 0.0608. The summed E-state index contributed by atoms with van der Waals surface area (Å²) in [5, 5.41) is 12.5. The summed E-state index contributed by atoms with van der Waals surface area (Å²) in [5.41, 5.74) is -0.354. The lowest BCUT2D eigenvalue weighted by Crippen LogP contribution is -2.40. The van der Waals surface area contributed by atoms with Gasteiger partial charge in [-0.1, -0.05) is 42.3 Å². The molecule has 0 saturated heterocycles. The molecule has 0 radical (unpaired) electrons. The SMILES string of the molecule is CCC(C)(CNC(=O)/C=C/c1cccc(Cl)c1Cl)C(=O)O. The highest BCUT2D eigenvalue weighted by atomic mass is 35.5. The molecule has 1 atom stereocenters. The summed E-state index contributed by atoms with van der Waals surface area (Å²) in [6.45, 7) is 3.42. The summed E-state index contributed by atoms with van der Waals surface area (Å²) in [6, 6.07) is 5.11. The van der Waals surface area contributed by atoms with Crippen molar-refractivity contribution in [2.75, 3.05) is 6.54 Å². The number of hydrogen-bond donors (Lipinski definition) is 2. The van der Waals surface area contributed by atoms with Crippen LogP contribution >= 0.6 is 23.2 Å². The monoisotopic (exact) mass is 329 g/mol. The van der Waals surface area contributed by atoms with Crippen LogP contribution in [-0.2, 0) is 9.59 Å². The summed E-state index contributed by atoms with van der Waals surface area (Å²) >= 11 is 11.9. The molecular formula is C15H17Cl2NO3. The number of benzene rings is 1. The van der Waals surface area contributed by atoms with E-state index >= 15 is 0 Å². The van der Waals surface area contributed by atoms with E-state index in [1.165, 1.54) is 12.2 Å². The third-order valence-corrected chi connectivity index (χ3v) is 4.18. The smallest absolute Gasteiger partial charge is 0.311 e. The minimum atomic E-state index is -0.975. The van der Waals surface area contributed by atoms with Crippen LogP contribution in [0.25, 0.3) is 6.08 Å². The van der Waals surface area contributed by atoms with Gasteiger partial charge in [-0.15, -0.1) is 0 Å². The molecule has 0 bridgehead atoms. The van der Waals surface area contributed by atoms with E-state index in [4.69, 9.17) is 28.3 Å². The molecule has 0 aliphatic rings. The van der Waals surface area contributed by atoms with Crippen molar-refractivity contribution in [1.29, 1.82) is 0 Å².